The number of ether oxygens (including phenoxy) is 2. The first-order valence-corrected chi connectivity index (χ1v) is 8.18. The van der Waals surface area contributed by atoms with Crippen LogP contribution in [0.15, 0.2) is 24.3 Å². The van der Waals surface area contributed by atoms with Gasteiger partial charge in [0.1, 0.15) is 0 Å². The second-order valence-corrected chi connectivity index (χ2v) is 6.26. The molecule has 0 saturated heterocycles. The second kappa shape index (κ2) is 6.95. The monoisotopic (exact) mass is 302 g/mol. The van der Waals surface area contributed by atoms with Gasteiger partial charge in [0, 0.05) is 0 Å². The quantitative estimate of drug-likeness (QED) is 0.687. The molecule has 4 nitrogen and oxygen atoms in total. The van der Waals surface area contributed by atoms with E-state index < -0.39 is 0 Å². The Kier molecular flexibility index (Phi) is 4.76. The van der Waals surface area contributed by atoms with Crippen LogP contribution >= 0.6 is 0 Å². The van der Waals surface area contributed by atoms with Crippen molar-refractivity contribution < 1.29 is 19.1 Å². The van der Waals surface area contributed by atoms with Gasteiger partial charge in [0.05, 0.1) is 24.3 Å². The molecule has 118 valence electrons. The summed E-state index contributed by atoms with van der Waals surface area (Å²) in [5, 5.41) is 0. The molecule has 3 aliphatic rings. The number of esters is 2. The molecule has 2 atom stereocenters. The Balaban J connectivity index is 1.77. The standard InChI is InChI=1S/C18H22O4/c19-17-14-7-9-15(10-8-14)18(20)22-12-16-5-2-1-4-13(16)6-3-11-21-17/h7-10,13,16H,1-6,11-12H2. The first-order valence-electron chi connectivity index (χ1n) is 8.18. The van der Waals surface area contributed by atoms with E-state index in [2.05, 4.69) is 0 Å². The summed E-state index contributed by atoms with van der Waals surface area (Å²) in [6.07, 6.45) is 6.67. The lowest BCUT2D eigenvalue weighted by Gasteiger charge is -2.31. The molecule has 0 N–H and O–H groups in total. The Morgan fingerprint density at radius 2 is 1.27 bits per heavy atom. The lowest BCUT2D eigenvalue weighted by atomic mass is 9.77. The highest BCUT2D eigenvalue weighted by atomic mass is 16.5. The van der Waals surface area contributed by atoms with E-state index in [0.717, 1.165) is 19.3 Å². The molecule has 1 saturated carbocycles. The zero-order chi connectivity index (χ0) is 15.4. The summed E-state index contributed by atoms with van der Waals surface area (Å²) in [6, 6.07) is 6.49. The SMILES string of the molecule is O=C1OCCCC2CCCCC2COC(=O)c2ccc1cc2. The third kappa shape index (κ3) is 3.49. The van der Waals surface area contributed by atoms with Gasteiger partial charge in [-0.15, -0.1) is 0 Å². The molecule has 2 heterocycles. The number of rotatable bonds is 0. The third-order valence-electron chi connectivity index (χ3n) is 4.80. The highest BCUT2D eigenvalue weighted by Crippen LogP contribution is 2.33. The predicted molar refractivity (Wildman–Crippen MR) is 81.7 cm³/mol. The van der Waals surface area contributed by atoms with Crippen LogP contribution in [0, 0.1) is 11.8 Å². The highest BCUT2D eigenvalue weighted by Gasteiger charge is 2.26. The molecule has 1 aliphatic carbocycles. The minimum atomic E-state index is -0.322. The van der Waals surface area contributed by atoms with E-state index in [1.165, 1.54) is 19.3 Å². The minimum absolute atomic E-state index is 0.304. The lowest BCUT2D eigenvalue weighted by molar-refractivity contribution is 0.0308. The van der Waals surface area contributed by atoms with Crippen molar-refractivity contribution in [2.24, 2.45) is 11.8 Å². The van der Waals surface area contributed by atoms with Crippen LogP contribution in [-0.4, -0.2) is 25.2 Å². The number of carbonyl (C=O) groups excluding carboxylic acids is 2. The molecular formula is C18H22O4. The van der Waals surface area contributed by atoms with E-state index in [4.69, 9.17) is 9.47 Å². The average Bonchev–Trinajstić information content (AvgIpc) is 2.56. The van der Waals surface area contributed by atoms with Gasteiger partial charge in [-0.2, -0.15) is 0 Å². The summed E-state index contributed by atoms with van der Waals surface area (Å²) in [5.74, 6) is 0.387. The molecule has 2 unspecified atom stereocenters. The van der Waals surface area contributed by atoms with E-state index in [1.807, 2.05) is 0 Å². The van der Waals surface area contributed by atoms with Crippen LogP contribution in [0.25, 0.3) is 0 Å². The molecule has 1 aromatic carbocycles. The molecule has 0 amide bonds. The predicted octanol–water partition coefficient (Wildman–Crippen LogP) is 3.60. The minimum Gasteiger partial charge on any atom is -0.462 e. The van der Waals surface area contributed by atoms with Crippen molar-refractivity contribution in [2.45, 2.75) is 38.5 Å². The maximum Gasteiger partial charge on any atom is 0.338 e. The van der Waals surface area contributed by atoms with Crippen LogP contribution in [0.1, 0.15) is 59.2 Å². The highest BCUT2D eigenvalue weighted by molar-refractivity contribution is 5.93. The Bertz CT molecular complexity index is 535. The number of fused-ring (bicyclic) bond motifs is 8. The van der Waals surface area contributed by atoms with Gasteiger partial charge < -0.3 is 9.47 Å². The number of hydrogen-bond acceptors (Lipinski definition) is 4. The zero-order valence-corrected chi connectivity index (χ0v) is 12.8. The molecule has 1 aromatic rings. The molecule has 0 radical (unpaired) electrons. The summed E-state index contributed by atoms with van der Waals surface area (Å²) in [4.78, 5) is 24.0. The zero-order valence-electron chi connectivity index (χ0n) is 12.8. The maximum atomic E-state index is 12.1. The van der Waals surface area contributed by atoms with Gasteiger partial charge in [0.15, 0.2) is 0 Å². The Labute approximate surface area is 130 Å². The van der Waals surface area contributed by atoms with Crippen molar-refractivity contribution in [2.75, 3.05) is 13.2 Å². The van der Waals surface area contributed by atoms with Gasteiger partial charge in [-0.05, 0) is 55.4 Å². The summed E-state index contributed by atoms with van der Waals surface area (Å²) in [5.41, 5.74) is 0.963. The van der Waals surface area contributed by atoms with Crippen LogP contribution in [0.2, 0.25) is 0 Å². The fourth-order valence-electron chi connectivity index (χ4n) is 3.49. The molecule has 22 heavy (non-hydrogen) atoms. The Hall–Kier alpha value is -1.84. The van der Waals surface area contributed by atoms with Crippen LogP contribution in [0.5, 0.6) is 0 Å². The number of carbonyl (C=O) groups is 2. The van der Waals surface area contributed by atoms with Crippen LogP contribution in [-0.2, 0) is 9.47 Å². The smallest absolute Gasteiger partial charge is 0.338 e. The normalized spacial score (nSPS) is 26.5. The van der Waals surface area contributed by atoms with Gasteiger partial charge >= 0.3 is 11.9 Å². The molecular weight excluding hydrogens is 280 g/mol. The summed E-state index contributed by atoms with van der Waals surface area (Å²) in [7, 11) is 0. The van der Waals surface area contributed by atoms with Gasteiger partial charge in [-0.3, -0.25) is 0 Å². The molecule has 4 rings (SSSR count). The van der Waals surface area contributed by atoms with Crippen molar-refractivity contribution in [3.8, 4) is 0 Å². The lowest BCUT2D eigenvalue weighted by Crippen LogP contribution is -2.26. The van der Waals surface area contributed by atoms with Crippen LogP contribution in [0.3, 0.4) is 0 Å². The fraction of sp³-hybridized carbons (Fsp3) is 0.556. The first kappa shape index (κ1) is 15.1. The van der Waals surface area contributed by atoms with E-state index >= 15 is 0 Å². The van der Waals surface area contributed by atoms with Crippen LogP contribution < -0.4 is 0 Å². The Morgan fingerprint density at radius 1 is 0.727 bits per heavy atom. The molecule has 2 bridgehead atoms. The van der Waals surface area contributed by atoms with E-state index in [9.17, 15) is 9.59 Å². The van der Waals surface area contributed by atoms with Crippen molar-refractivity contribution in [3.05, 3.63) is 35.4 Å². The topological polar surface area (TPSA) is 52.6 Å². The van der Waals surface area contributed by atoms with E-state index in [0.29, 0.717) is 36.2 Å². The number of hydrogen-bond donors (Lipinski definition) is 0. The first-order chi connectivity index (χ1) is 10.7. The second-order valence-electron chi connectivity index (χ2n) is 6.26. The largest absolute Gasteiger partial charge is 0.462 e. The van der Waals surface area contributed by atoms with Gasteiger partial charge in [0.2, 0.25) is 0 Å². The van der Waals surface area contributed by atoms with Crippen molar-refractivity contribution in [3.63, 3.8) is 0 Å². The van der Waals surface area contributed by atoms with Crippen molar-refractivity contribution in [1.29, 1.82) is 0 Å². The molecule has 1 fully saturated rings. The fourth-order valence-corrected chi connectivity index (χ4v) is 3.49. The van der Waals surface area contributed by atoms with E-state index in [1.54, 1.807) is 24.3 Å². The van der Waals surface area contributed by atoms with Gasteiger partial charge in [0.25, 0.3) is 0 Å². The summed E-state index contributed by atoms with van der Waals surface area (Å²) >= 11 is 0. The molecule has 0 spiro atoms. The third-order valence-corrected chi connectivity index (χ3v) is 4.80. The average molecular weight is 302 g/mol. The van der Waals surface area contributed by atoms with Crippen molar-refractivity contribution >= 4 is 11.9 Å². The van der Waals surface area contributed by atoms with E-state index in [-0.39, 0.29) is 11.9 Å². The maximum absolute atomic E-state index is 12.1. The summed E-state index contributed by atoms with van der Waals surface area (Å²) < 4.78 is 10.8. The molecule has 4 heteroatoms. The Morgan fingerprint density at radius 3 is 1.95 bits per heavy atom. The van der Waals surface area contributed by atoms with Crippen molar-refractivity contribution in [1.82, 2.24) is 0 Å². The summed E-state index contributed by atoms with van der Waals surface area (Å²) in [6.45, 7) is 0.967. The van der Waals surface area contributed by atoms with Gasteiger partial charge in [-0.25, -0.2) is 9.59 Å². The van der Waals surface area contributed by atoms with Gasteiger partial charge in [-0.1, -0.05) is 19.3 Å². The van der Waals surface area contributed by atoms with Crippen LogP contribution in [0.4, 0.5) is 0 Å². The number of benzene rings is 1. The molecule has 0 aromatic heterocycles. The molecule has 2 aliphatic heterocycles.